The summed E-state index contributed by atoms with van der Waals surface area (Å²) in [5.74, 6) is 1.63. The van der Waals surface area contributed by atoms with Gasteiger partial charge in [0.05, 0.1) is 17.6 Å². The predicted molar refractivity (Wildman–Crippen MR) is 106 cm³/mol. The SMILES string of the molecule is Cc1nn(C)c(C)c1-c1nc(NC2CC2)c2ncn(C3CCCCC3)c2n1. The van der Waals surface area contributed by atoms with E-state index in [2.05, 4.69) is 21.9 Å². The third-order valence-corrected chi connectivity index (χ3v) is 6.04. The molecule has 27 heavy (non-hydrogen) atoms. The maximum absolute atomic E-state index is 5.00. The van der Waals surface area contributed by atoms with E-state index < -0.39 is 0 Å². The van der Waals surface area contributed by atoms with E-state index in [1.165, 1.54) is 44.9 Å². The second kappa shape index (κ2) is 6.32. The molecule has 0 bridgehead atoms. The molecule has 2 fully saturated rings. The van der Waals surface area contributed by atoms with Gasteiger partial charge in [-0.15, -0.1) is 0 Å². The van der Waals surface area contributed by atoms with Crippen LogP contribution in [0.15, 0.2) is 6.33 Å². The molecule has 3 aromatic rings. The second-order valence-electron chi connectivity index (χ2n) is 8.10. The van der Waals surface area contributed by atoms with Gasteiger partial charge in [-0.2, -0.15) is 5.10 Å². The summed E-state index contributed by atoms with van der Waals surface area (Å²) < 4.78 is 4.20. The van der Waals surface area contributed by atoms with Crippen molar-refractivity contribution >= 4 is 17.0 Å². The molecule has 0 unspecified atom stereocenters. The van der Waals surface area contributed by atoms with Crippen molar-refractivity contribution in [2.45, 2.75) is 70.9 Å². The van der Waals surface area contributed by atoms with Crippen LogP contribution >= 0.6 is 0 Å². The lowest BCUT2D eigenvalue weighted by Crippen LogP contribution is -2.13. The van der Waals surface area contributed by atoms with Gasteiger partial charge in [0.2, 0.25) is 0 Å². The van der Waals surface area contributed by atoms with Crippen LogP contribution in [0, 0.1) is 13.8 Å². The molecule has 7 heteroatoms. The number of aromatic nitrogens is 6. The lowest BCUT2D eigenvalue weighted by atomic mass is 9.95. The van der Waals surface area contributed by atoms with Crippen molar-refractivity contribution in [3.05, 3.63) is 17.7 Å². The predicted octanol–water partition coefficient (Wildman–Crippen LogP) is 3.92. The van der Waals surface area contributed by atoms with Gasteiger partial charge in [-0.25, -0.2) is 15.0 Å². The third-order valence-electron chi connectivity index (χ3n) is 6.04. The van der Waals surface area contributed by atoms with Crippen molar-refractivity contribution in [3.8, 4) is 11.4 Å². The maximum atomic E-state index is 5.00. The number of anilines is 1. The molecule has 1 N–H and O–H groups in total. The first kappa shape index (κ1) is 16.7. The number of nitrogens with zero attached hydrogens (tertiary/aromatic N) is 6. The molecule has 0 saturated heterocycles. The van der Waals surface area contributed by atoms with Crippen LogP contribution in [0.3, 0.4) is 0 Å². The third kappa shape index (κ3) is 2.89. The van der Waals surface area contributed by atoms with E-state index in [-0.39, 0.29) is 0 Å². The van der Waals surface area contributed by atoms with Crippen molar-refractivity contribution < 1.29 is 0 Å². The largest absolute Gasteiger partial charge is 0.365 e. The molecule has 0 atom stereocenters. The minimum atomic E-state index is 0.497. The van der Waals surface area contributed by atoms with Crippen molar-refractivity contribution in [1.82, 2.24) is 29.3 Å². The van der Waals surface area contributed by atoms with Gasteiger partial charge in [0.25, 0.3) is 0 Å². The van der Waals surface area contributed by atoms with Crippen LogP contribution in [-0.4, -0.2) is 35.3 Å². The first-order valence-electron chi connectivity index (χ1n) is 10.1. The molecule has 3 aromatic heterocycles. The van der Waals surface area contributed by atoms with Gasteiger partial charge >= 0.3 is 0 Å². The number of aryl methyl sites for hydroxylation is 2. The Morgan fingerprint density at radius 2 is 1.81 bits per heavy atom. The topological polar surface area (TPSA) is 73.5 Å². The average molecular weight is 365 g/mol. The monoisotopic (exact) mass is 365 g/mol. The summed E-state index contributed by atoms with van der Waals surface area (Å²) in [7, 11) is 1.97. The molecule has 2 saturated carbocycles. The first-order valence-corrected chi connectivity index (χ1v) is 10.1. The summed E-state index contributed by atoms with van der Waals surface area (Å²) in [5.41, 5.74) is 4.95. The Labute approximate surface area is 159 Å². The molecule has 0 aromatic carbocycles. The Hall–Kier alpha value is -2.44. The van der Waals surface area contributed by atoms with Crippen molar-refractivity contribution in [3.63, 3.8) is 0 Å². The summed E-state index contributed by atoms with van der Waals surface area (Å²) in [5, 5.41) is 8.14. The molecule has 3 heterocycles. The van der Waals surface area contributed by atoms with Crippen LogP contribution in [0.1, 0.15) is 62.4 Å². The Kier molecular flexibility index (Phi) is 3.91. The molecule has 0 spiro atoms. The highest BCUT2D eigenvalue weighted by atomic mass is 15.3. The van der Waals surface area contributed by atoms with Crippen LogP contribution < -0.4 is 5.32 Å². The van der Waals surface area contributed by atoms with E-state index in [0.717, 1.165) is 39.8 Å². The number of hydrogen-bond donors (Lipinski definition) is 1. The fourth-order valence-corrected chi connectivity index (χ4v) is 4.27. The number of fused-ring (bicyclic) bond motifs is 1. The minimum absolute atomic E-state index is 0.497. The van der Waals surface area contributed by atoms with Crippen LogP contribution in [0.2, 0.25) is 0 Å². The molecule has 2 aliphatic rings. The summed E-state index contributed by atoms with van der Waals surface area (Å²) >= 11 is 0. The minimum Gasteiger partial charge on any atom is -0.365 e. The normalized spacial score (nSPS) is 18.3. The fraction of sp³-hybridized carbons (Fsp3) is 0.600. The van der Waals surface area contributed by atoms with Crippen LogP contribution in [0.25, 0.3) is 22.6 Å². The smallest absolute Gasteiger partial charge is 0.167 e. The average Bonchev–Trinajstić information content (AvgIpc) is 3.31. The Morgan fingerprint density at radius 1 is 1.04 bits per heavy atom. The second-order valence-corrected chi connectivity index (χ2v) is 8.10. The summed E-state index contributed by atoms with van der Waals surface area (Å²) in [4.78, 5) is 14.6. The van der Waals surface area contributed by atoms with E-state index in [4.69, 9.17) is 15.0 Å². The van der Waals surface area contributed by atoms with E-state index in [1.54, 1.807) is 0 Å². The summed E-state index contributed by atoms with van der Waals surface area (Å²) in [6.45, 7) is 4.11. The zero-order valence-corrected chi connectivity index (χ0v) is 16.4. The van der Waals surface area contributed by atoms with Crippen molar-refractivity contribution in [2.24, 2.45) is 7.05 Å². The van der Waals surface area contributed by atoms with E-state index in [0.29, 0.717) is 12.1 Å². The van der Waals surface area contributed by atoms with Gasteiger partial charge in [-0.1, -0.05) is 19.3 Å². The lowest BCUT2D eigenvalue weighted by Gasteiger charge is -2.23. The molecule has 2 aliphatic carbocycles. The maximum Gasteiger partial charge on any atom is 0.167 e. The molecule has 0 radical (unpaired) electrons. The first-order chi connectivity index (χ1) is 13.1. The number of hydrogen-bond acceptors (Lipinski definition) is 5. The standard InChI is InChI=1S/C20H27N7/c1-12-16(13(2)26(3)25-12)18-23-19(22-14-9-10-14)17-20(24-18)27(11-21-17)15-7-5-4-6-8-15/h11,14-15H,4-10H2,1-3H3,(H,22,23,24). The van der Waals surface area contributed by atoms with Crippen LogP contribution in [0.5, 0.6) is 0 Å². The van der Waals surface area contributed by atoms with Crippen molar-refractivity contribution in [1.29, 1.82) is 0 Å². The molecular formula is C20H27N7. The van der Waals surface area contributed by atoms with E-state index in [1.807, 2.05) is 25.0 Å². The molecule has 5 rings (SSSR count). The summed E-state index contributed by atoms with van der Waals surface area (Å²) in [6, 6.07) is 1.02. The number of rotatable bonds is 4. The highest BCUT2D eigenvalue weighted by molar-refractivity contribution is 5.86. The van der Waals surface area contributed by atoms with Gasteiger partial charge in [0.1, 0.15) is 5.52 Å². The van der Waals surface area contributed by atoms with Gasteiger partial charge in [-0.05, 0) is 39.5 Å². The van der Waals surface area contributed by atoms with E-state index >= 15 is 0 Å². The zero-order chi connectivity index (χ0) is 18.5. The zero-order valence-electron chi connectivity index (χ0n) is 16.4. The van der Waals surface area contributed by atoms with Gasteiger partial charge in [0, 0.05) is 24.8 Å². The molecular weight excluding hydrogens is 338 g/mol. The van der Waals surface area contributed by atoms with E-state index in [9.17, 15) is 0 Å². The van der Waals surface area contributed by atoms with Gasteiger partial charge < -0.3 is 9.88 Å². The molecule has 0 aliphatic heterocycles. The van der Waals surface area contributed by atoms with Crippen molar-refractivity contribution in [2.75, 3.05) is 5.32 Å². The number of imidazole rings is 1. The Bertz CT molecular complexity index is 990. The molecule has 7 nitrogen and oxygen atoms in total. The van der Waals surface area contributed by atoms with Gasteiger partial charge in [-0.3, -0.25) is 4.68 Å². The number of nitrogens with one attached hydrogen (secondary N) is 1. The van der Waals surface area contributed by atoms with Crippen LogP contribution in [-0.2, 0) is 7.05 Å². The highest BCUT2D eigenvalue weighted by Gasteiger charge is 2.27. The Morgan fingerprint density at radius 3 is 2.48 bits per heavy atom. The Balaban J connectivity index is 1.68. The quantitative estimate of drug-likeness (QED) is 0.758. The summed E-state index contributed by atoms with van der Waals surface area (Å²) in [6.07, 6.45) is 10.7. The molecule has 142 valence electrons. The van der Waals surface area contributed by atoms with Gasteiger partial charge in [0.15, 0.2) is 17.3 Å². The lowest BCUT2D eigenvalue weighted by molar-refractivity contribution is 0.358. The van der Waals surface area contributed by atoms with Crippen LogP contribution in [0.4, 0.5) is 5.82 Å². The molecule has 0 amide bonds. The fourth-order valence-electron chi connectivity index (χ4n) is 4.27. The highest BCUT2D eigenvalue weighted by Crippen LogP contribution is 2.35.